The first-order valence-electron chi connectivity index (χ1n) is 10.9. The van der Waals surface area contributed by atoms with Gasteiger partial charge in [-0.2, -0.15) is 0 Å². The number of methoxy groups -OCH3 is 1. The summed E-state index contributed by atoms with van der Waals surface area (Å²) in [5, 5.41) is 9.08. The maximum atomic E-state index is 9.08. The van der Waals surface area contributed by atoms with Crippen molar-refractivity contribution < 1.29 is 30.9 Å². The minimum absolute atomic E-state index is 0. The molecule has 2 aromatic heterocycles. The second kappa shape index (κ2) is 13.6. The molecule has 0 fully saturated rings. The molecule has 184 valence electrons. The summed E-state index contributed by atoms with van der Waals surface area (Å²) < 4.78 is 5.18. The molecule has 0 spiro atoms. The van der Waals surface area contributed by atoms with Crippen LogP contribution in [0.1, 0.15) is 5.56 Å². The number of aliphatic hydroxyl groups is 1. The van der Waals surface area contributed by atoms with Gasteiger partial charge in [0.05, 0.1) is 13.7 Å². The second-order valence-corrected chi connectivity index (χ2v) is 8.00. The SMILES string of the molecule is CN(C)c1c[c-]c(-c2cc(CO)ccn2)cc1.COc1ccnc(-c2[c-]cc(N(C)C)cc2)c1.[Pt+2]. The smallest absolute Gasteiger partial charge is 0.497 e. The van der Waals surface area contributed by atoms with E-state index in [2.05, 4.69) is 22.1 Å². The number of ether oxygens (including phenoxy) is 1. The van der Waals surface area contributed by atoms with Crippen LogP contribution in [0.15, 0.2) is 73.1 Å². The average Bonchev–Trinajstić information content (AvgIpc) is 2.89. The van der Waals surface area contributed by atoms with Crippen LogP contribution < -0.4 is 14.5 Å². The Hall–Kier alpha value is -3.21. The normalized spacial score (nSPS) is 9.89. The molecule has 0 atom stereocenters. The summed E-state index contributed by atoms with van der Waals surface area (Å²) >= 11 is 0. The first kappa shape index (κ1) is 28.0. The topological polar surface area (TPSA) is 61.7 Å². The van der Waals surface area contributed by atoms with Gasteiger partial charge in [0.2, 0.25) is 0 Å². The molecule has 0 aliphatic rings. The van der Waals surface area contributed by atoms with Crippen molar-refractivity contribution in [1.82, 2.24) is 9.97 Å². The van der Waals surface area contributed by atoms with Gasteiger partial charge in [-0.3, -0.25) is 0 Å². The molecule has 0 unspecified atom stereocenters. The molecule has 6 nitrogen and oxygen atoms in total. The zero-order chi connectivity index (χ0) is 24.5. The standard InChI is InChI=1S/2C14H15N2O.Pt/c1-16(2)12-6-4-11(5-7-12)14-10-13(17-3)8-9-15-14;1-16(2)13-5-3-12(4-6-13)14-9-11(10-17)7-8-15-14;/h4,6-10H,1-3H3;3,5-9,17H,10H2,1-2H3;/q2*-1;+2. The van der Waals surface area contributed by atoms with Crippen LogP contribution in [0.2, 0.25) is 0 Å². The van der Waals surface area contributed by atoms with Gasteiger partial charge in [-0.15, -0.1) is 59.7 Å². The van der Waals surface area contributed by atoms with Crippen LogP contribution in [0.4, 0.5) is 11.4 Å². The van der Waals surface area contributed by atoms with Gasteiger partial charge >= 0.3 is 21.1 Å². The van der Waals surface area contributed by atoms with Gasteiger partial charge < -0.3 is 29.6 Å². The van der Waals surface area contributed by atoms with E-state index < -0.39 is 0 Å². The van der Waals surface area contributed by atoms with Gasteiger partial charge in [-0.05, 0) is 74.7 Å². The van der Waals surface area contributed by atoms with Gasteiger partial charge in [0.25, 0.3) is 0 Å². The third-order valence-corrected chi connectivity index (χ3v) is 5.15. The quantitative estimate of drug-likeness (QED) is 0.305. The zero-order valence-corrected chi connectivity index (χ0v) is 22.9. The molecule has 0 amide bonds. The summed E-state index contributed by atoms with van der Waals surface area (Å²) in [5.41, 5.74) is 6.70. The maximum absolute atomic E-state index is 9.08. The molecular weight excluding hydrogens is 619 g/mol. The Morgan fingerprint density at radius 2 is 1.29 bits per heavy atom. The van der Waals surface area contributed by atoms with Crippen molar-refractivity contribution in [2.24, 2.45) is 0 Å². The molecule has 7 heteroatoms. The van der Waals surface area contributed by atoms with Crippen LogP contribution >= 0.6 is 0 Å². The minimum atomic E-state index is 0. The molecule has 0 aliphatic heterocycles. The van der Waals surface area contributed by atoms with Crippen molar-refractivity contribution in [2.75, 3.05) is 45.1 Å². The average molecular weight is 650 g/mol. The van der Waals surface area contributed by atoms with Crippen LogP contribution in [0.3, 0.4) is 0 Å². The van der Waals surface area contributed by atoms with Gasteiger partial charge in [0, 0.05) is 12.4 Å². The fourth-order valence-electron chi connectivity index (χ4n) is 3.11. The monoisotopic (exact) mass is 649 g/mol. The molecule has 1 N–H and O–H groups in total. The van der Waals surface area contributed by atoms with Crippen LogP contribution in [0, 0.1) is 12.1 Å². The van der Waals surface area contributed by atoms with E-state index in [1.165, 1.54) is 0 Å². The van der Waals surface area contributed by atoms with E-state index in [1.54, 1.807) is 25.6 Å². The molecule has 2 heterocycles. The zero-order valence-electron chi connectivity index (χ0n) is 20.6. The Morgan fingerprint density at radius 1 is 0.771 bits per heavy atom. The summed E-state index contributed by atoms with van der Waals surface area (Å²) in [4.78, 5) is 12.7. The molecule has 0 saturated carbocycles. The fourth-order valence-corrected chi connectivity index (χ4v) is 3.11. The van der Waals surface area contributed by atoms with Crippen LogP contribution in [-0.2, 0) is 27.7 Å². The Morgan fingerprint density at radius 3 is 1.71 bits per heavy atom. The molecular formula is C28H30N4O2Pt. The van der Waals surface area contributed by atoms with E-state index in [9.17, 15) is 0 Å². The molecule has 2 aromatic carbocycles. The summed E-state index contributed by atoms with van der Waals surface area (Å²) in [6, 6.07) is 25.8. The van der Waals surface area contributed by atoms with Gasteiger partial charge in [-0.1, -0.05) is 6.07 Å². The number of anilines is 2. The van der Waals surface area contributed by atoms with Crippen LogP contribution in [0.5, 0.6) is 5.75 Å². The summed E-state index contributed by atoms with van der Waals surface area (Å²) in [7, 11) is 9.65. The van der Waals surface area contributed by atoms with Crippen LogP contribution in [-0.4, -0.2) is 50.4 Å². The predicted octanol–water partition coefficient (Wildman–Crippen LogP) is 4.73. The van der Waals surface area contributed by atoms with E-state index in [4.69, 9.17) is 9.84 Å². The largest absolute Gasteiger partial charge is 2.00 e. The molecule has 0 bridgehead atoms. The van der Waals surface area contributed by atoms with Crippen molar-refractivity contribution in [2.45, 2.75) is 6.61 Å². The number of aromatic nitrogens is 2. The predicted molar refractivity (Wildman–Crippen MR) is 138 cm³/mol. The third kappa shape index (κ3) is 7.91. The van der Waals surface area contributed by atoms with Crippen molar-refractivity contribution >= 4 is 11.4 Å². The molecule has 35 heavy (non-hydrogen) atoms. The van der Waals surface area contributed by atoms with E-state index in [-0.39, 0.29) is 27.7 Å². The Labute approximate surface area is 222 Å². The summed E-state index contributed by atoms with van der Waals surface area (Å²) in [5.74, 6) is 0.806. The molecule has 4 aromatic rings. The summed E-state index contributed by atoms with van der Waals surface area (Å²) in [6.07, 6.45) is 3.44. The number of nitrogens with zero attached hydrogens (tertiary/aromatic N) is 4. The maximum Gasteiger partial charge on any atom is 2.00 e. The number of pyridine rings is 2. The second-order valence-electron chi connectivity index (χ2n) is 8.00. The third-order valence-electron chi connectivity index (χ3n) is 5.15. The number of hydrogen-bond acceptors (Lipinski definition) is 6. The molecule has 0 radical (unpaired) electrons. The summed E-state index contributed by atoms with van der Waals surface area (Å²) in [6.45, 7) is 0.0330. The van der Waals surface area contributed by atoms with E-state index in [0.29, 0.717) is 0 Å². The number of rotatable bonds is 6. The van der Waals surface area contributed by atoms with Crippen molar-refractivity contribution in [3.8, 4) is 28.3 Å². The Bertz CT molecular complexity index is 1090. The van der Waals surface area contributed by atoms with E-state index in [0.717, 1.165) is 45.2 Å². The van der Waals surface area contributed by atoms with Gasteiger partial charge in [0.15, 0.2) is 0 Å². The molecule has 0 saturated heterocycles. The Kier molecular flexibility index (Phi) is 10.9. The van der Waals surface area contributed by atoms with E-state index >= 15 is 0 Å². The van der Waals surface area contributed by atoms with Gasteiger partial charge in [0.1, 0.15) is 5.75 Å². The Balaban J connectivity index is 0.000000240. The minimum Gasteiger partial charge on any atom is -0.497 e. The fraction of sp³-hybridized carbons (Fsp3) is 0.214. The van der Waals surface area contributed by atoms with E-state index in [1.807, 2.05) is 92.6 Å². The molecule has 0 aliphatic carbocycles. The van der Waals surface area contributed by atoms with Crippen LogP contribution in [0.25, 0.3) is 22.5 Å². The van der Waals surface area contributed by atoms with Gasteiger partial charge in [-0.25, -0.2) is 0 Å². The number of aliphatic hydroxyl groups excluding tert-OH is 1. The van der Waals surface area contributed by atoms with Crippen molar-refractivity contribution in [1.29, 1.82) is 0 Å². The number of hydrogen-bond donors (Lipinski definition) is 1. The first-order chi connectivity index (χ1) is 16.4. The van der Waals surface area contributed by atoms with Crippen molar-refractivity contribution in [3.63, 3.8) is 0 Å². The molecule has 4 rings (SSSR count). The number of benzene rings is 2. The first-order valence-corrected chi connectivity index (χ1v) is 10.9. The van der Waals surface area contributed by atoms with Crippen molar-refractivity contribution in [3.05, 3.63) is 90.8 Å².